The molecule has 1 spiro atoms. The number of fused-ring (bicyclic) bond motifs is 1. The first-order chi connectivity index (χ1) is 22.4. The zero-order valence-electron chi connectivity index (χ0n) is 26.7. The number of hydrogen-bond donors (Lipinski definition) is 1. The summed E-state index contributed by atoms with van der Waals surface area (Å²) in [5.74, 6) is 1.31. The summed E-state index contributed by atoms with van der Waals surface area (Å²) < 4.78 is 27.2. The molecule has 4 aromatic rings. The molecule has 1 aromatic carbocycles. The number of carbonyl (C=O) groups is 1. The molecular weight excluding hydrogens is 585 g/mol. The quantitative estimate of drug-likeness (QED) is 0.253. The standard InChI is InChI=1S/C33H34FN7O3.C2H6/c1-21(2)41(23-5-9-35-10-6-23)32(42)25-13-22(34)3-4-28(25)44-30-17-37-20-39-31(30)40-18-33(19-40)14-24(15-33)43-29-8-12-38-27-7-11-36-16-26(27)29;1-2/h3-6,8-10,12-13,17,20-21,24,36H,7,11,14-16,18-19H2,1-2H3;1-2H3. The van der Waals surface area contributed by atoms with Crippen molar-refractivity contribution in [2.45, 2.75) is 65.6 Å². The molecule has 46 heavy (non-hydrogen) atoms. The van der Waals surface area contributed by atoms with Crippen LogP contribution in [0.1, 0.15) is 62.2 Å². The predicted octanol–water partition coefficient (Wildman–Crippen LogP) is 5.97. The van der Waals surface area contributed by atoms with Gasteiger partial charge in [-0.2, -0.15) is 0 Å². The first-order valence-electron chi connectivity index (χ1n) is 16.0. The Bertz CT molecular complexity index is 1670. The molecule has 11 heteroatoms. The maximum Gasteiger partial charge on any atom is 0.262 e. The fraction of sp³-hybridized carbons (Fsp3) is 0.400. The van der Waals surface area contributed by atoms with E-state index in [1.54, 1.807) is 35.6 Å². The number of halogens is 1. The van der Waals surface area contributed by atoms with Crippen molar-refractivity contribution in [3.63, 3.8) is 0 Å². The first kappa shape index (κ1) is 31.3. The van der Waals surface area contributed by atoms with E-state index in [-0.39, 0.29) is 34.8 Å². The Kier molecular flexibility index (Phi) is 9.12. The summed E-state index contributed by atoms with van der Waals surface area (Å²) >= 11 is 0. The van der Waals surface area contributed by atoms with E-state index in [9.17, 15) is 9.18 Å². The summed E-state index contributed by atoms with van der Waals surface area (Å²) in [5.41, 5.74) is 3.23. The van der Waals surface area contributed by atoms with Crippen molar-refractivity contribution >= 4 is 17.4 Å². The zero-order chi connectivity index (χ0) is 32.3. The number of anilines is 2. The van der Waals surface area contributed by atoms with Crippen molar-refractivity contribution < 1.29 is 18.7 Å². The Morgan fingerprint density at radius 2 is 1.80 bits per heavy atom. The summed E-state index contributed by atoms with van der Waals surface area (Å²) in [5, 5.41) is 3.41. The Labute approximate surface area is 269 Å². The Morgan fingerprint density at radius 3 is 2.57 bits per heavy atom. The average molecular weight is 626 g/mol. The van der Waals surface area contributed by atoms with Gasteiger partial charge in [-0.1, -0.05) is 13.8 Å². The first-order valence-corrected chi connectivity index (χ1v) is 16.0. The van der Waals surface area contributed by atoms with Gasteiger partial charge < -0.3 is 24.6 Å². The van der Waals surface area contributed by atoms with Crippen LogP contribution in [0.2, 0.25) is 0 Å². The Hall–Kier alpha value is -4.64. The maximum absolute atomic E-state index is 14.5. The summed E-state index contributed by atoms with van der Waals surface area (Å²) in [6.07, 6.45) is 11.2. The highest BCUT2D eigenvalue weighted by molar-refractivity contribution is 6.08. The van der Waals surface area contributed by atoms with Crippen LogP contribution in [0.5, 0.6) is 17.2 Å². The number of pyridine rings is 2. The smallest absolute Gasteiger partial charge is 0.262 e. The van der Waals surface area contributed by atoms with Gasteiger partial charge in [0.25, 0.3) is 5.91 Å². The lowest BCUT2D eigenvalue weighted by molar-refractivity contribution is -0.0349. The van der Waals surface area contributed by atoms with E-state index in [4.69, 9.17) is 9.47 Å². The zero-order valence-corrected chi connectivity index (χ0v) is 26.7. The van der Waals surface area contributed by atoms with Crippen LogP contribution in [0.4, 0.5) is 15.9 Å². The van der Waals surface area contributed by atoms with Gasteiger partial charge in [-0.15, -0.1) is 0 Å². The van der Waals surface area contributed by atoms with Crippen LogP contribution < -0.4 is 24.6 Å². The highest BCUT2D eigenvalue weighted by Crippen LogP contribution is 2.52. The van der Waals surface area contributed by atoms with Gasteiger partial charge in [0, 0.05) is 79.6 Å². The minimum Gasteiger partial charge on any atom is -0.490 e. The lowest BCUT2D eigenvalue weighted by atomic mass is 9.61. The molecule has 1 saturated heterocycles. The molecule has 240 valence electrons. The highest BCUT2D eigenvalue weighted by Gasteiger charge is 2.54. The van der Waals surface area contributed by atoms with Gasteiger partial charge >= 0.3 is 0 Å². The molecule has 0 unspecified atom stereocenters. The second-order valence-electron chi connectivity index (χ2n) is 12.1. The van der Waals surface area contributed by atoms with Crippen molar-refractivity contribution in [1.29, 1.82) is 0 Å². The van der Waals surface area contributed by atoms with Gasteiger partial charge in [0.2, 0.25) is 0 Å². The third kappa shape index (κ3) is 6.24. The number of hydrogen-bond acceptors (Lipinski definition) is 9. The molecule has 3 aromatic heterocycles. The van der Waals surface area contributed by atoms with E-state index >= 15 is 0 Å². The fourth-order valence-corrected chi connectivity index (χ4v) is 6.57. The van der Waals surface area contributed by atoms with E-state index in [2.05, 4.69) is 30.2 Å². The molecule has 5 heterocycles. The van der Waals surface area contributed by atoms with E-state index in [0.717, 1.165) is 56.9 Å². The molecule has 3 aliphatic rings. The number of nitrogens with zero attached hydrogens (tertiary/aromatic N) is 6. The van der Waals surface area contributed by atoms with Crippen LogP contribution in [0.3, 0.4) is 0 Å². The fourth-order valence-electron chi connectivity index (χ4n) is 6.57. The van der Waals surface area contributed by atoms with Crippen molar-refractivity contribution in [3.8, 4) is 17.2 Å². The van der Waals surface area contributed by atoms with Gasteiger partial charge in [-0.25, -0.2) is 14.4 Å². The van der Waals surface area contributed by atoms with Crippen molar-refractivity contribution in [2.24, 2.45) is 5.41 Å². The van der Waals surface area contributed by atoms with E-state index in [0.29, 0.717) is 17.3 Å². The van der Waals surface area contributed by atoms with Crippen molar-refractivity contribution in [1.82, 2.24) is 25.3 Å². The Balaban J connectivity index is 0.00000182. The molecule has 2 fully saturated rings. The maximum atomic E-state index is 14.5. The molecule has 1 N–H and O–H groups in total. The molecule has 1 aliphatic carbocycles. The van der Waals surface area contributed by atoms with Gasteiger partial charge in [0.05, 0.1) is 11.8 Å². The van der Waals surface area contributed by atoms with Crippen molar-refractivity contribution in [2.75, 3.05) is 29.4 Å². The predicted molar refractivity (Wildman–Crippen MR) is 174 cm³/mol. The lowest BCUT2D eigenvalue weighted by Gasteiger charge is -2.59. The SMILES string of the molecule is CC.CC(C)N(C(=O)c1cc(F)ccc1Oc1cncnc1N1CC2(CC(Oc3ccnc4c3CNCC4)C2)C1)c1ccncc1. The molecular formula is C35H40FN7O3. The van der Waals surface area contributed by atoms with Gasteiger partial charge in [0.1, 0.15) is 29.7 Å². The van der Waals surface area contributed by atoms with Gasteiger partial charge in [-0.05, 0) is 63.1 Å². The number of ether oxygens (including phenoxy) is 2. The van der Waals surface area contributed by atoms with E-state index < -0.39 is 5.82 Å². The molecule has 0 bridgehead atoms. The normalized spacial score (nSPS) is 16.4. The van der Waals surface area contributed by atoms with Crippen LogP contribution >= 0.6 is 0 Å². The summed E-state index contributed by atoms with van der Waals surface area (Å²) in [6, 6.07) is 9.25. The van der Waals surface area contributed by atoms with Gasteiger partial charge in [-0.3, -0.25) is 14.8 Å². The molecule has 2 aliphatic heterocycles. The molecule has 1 amide bonds. The number of amides is 1. The van der Waals surface area contributed by atoms with E-state index in [1.807, 2.05) is 40.0 Å². The third-order valence-electron chi connectivity index (χ3n) is 8.64. The largest absolute Gasteiger partial charge is 0.490 e. The van der Waals surface area contributed by atoms with Crippen LogP contribution in [0, 0.1) is 11.2 Å². The van der Waals surface area contributed by atoms with Crippen LogP contribution in [-0.2, 0) is 13.0 Å². The molecule has 7 rings (SSSR count). The molecule has 10 nitrogen and oxygen atoms in total. The third-order valence-corrected chi connectivity index (χ3v) is 8.64. The number of nitrogens with one attached hydrogen (secondary N) is 1. The van der Waals surface area contributed by atoms with Crippen LogP contribution in [-0.4, -0.2) is 57.6 Å². The monoisotopic (exact) mass is 625 g/mol. The van der Waals surface area contributed by atoms with Crippen LogP contribution in [0.15, 0.2) is 67.5 Å². The summed E-state index contributed by atoms with van der Waals surface area (Å²) in [4.78, 5) is 34.8. The highest BCUT2D eigenvalue weighted by atomic mass is 19.1. The number of rotatable bonds is 8. The Morgan fingerprint density at radius 1 is 1.02 bits per heavy atom. The minimum absolute atomic E-state index is 0.109. The molecule has 0 radical (unpaired) electrons. The number of benzene rings is 1. The number of aromatic nitrogens is 4. The second-order valence-corrected chi connectivity index (χ2v) is 12.1. The van der Waals surface area contributed by atoms with Crippen LogP contribution in [0.25, 0.3) is 0 Å². The number of carbonyl (C=O) groups excluding carboxylic acids is 1. The summed E-state index contributed by atoms with van der Waals surface area (Å²) in [6.45, 7) is 11.2. The second kappa shape index (κ2) is 13.4. The van der Waals surface area contributed by atoms with Gasteiger partial charge in [0.15, 0.2) is 11.6 Å². The van der Waals surface area contributed by atoms with E-state index in [1.165, 1.54) is 30.1 Å². The molecule has 1 saturated carbocycles. The average Bonchev–Trinajstić information content (AvgIpc) is 3.04. The summed E-state index contributed by atoms with van der Waals surface area (Å²) in [7, 11) is 0. The topological polar surface area (TPSA) is 106 Å². The molecule has 0 atom stereocenters. The van der Waals surface area contributed by atoms with Crippen molar-refractivity contribution in [3.05, 3.63) is 90.2 Å². The lowest BCUT2D eigenvalue weighted by Crippen LogP contribution is -2.65. The minimum atomic E-state index is -0.529.